The van der Waals surface area contributed by atoms with Crippen molar-refractivity contribution in [3.8, 4) is 0 Å². The topological polar surface area (TPSA) is 78.0 Å². The second kappa shape index (κ2) is 7.13. The van der Waals surface area contributed by atoms with Crippen molar-refractivity contribution in [1.29, 1.82) is 0 Å². The lowest BCUT2D eigenvalue weighted by atomic mass is 9.85. The fourth-order valence-electron chi connectivity index (χ4n) is 3.03. The lowest BCUT2D eigenvalue weighted by molar-refractivity contribution is -0.146. The van der Waals surface area contributed by atoms with Crippen molar-refractivity contribution in [3.05, 3.63) is 12.4 Å². The minimum atomic E-state index is -0.709. The molecule has 1 saturated carbocycles. The summed E-state index contributed by atoms with van der Waals surface area (Å²) in [6.45, 7) is 2.84. The van der Waals surface area contributed by atoms with Gasteiger partial charge in [0.05, 0.1) is 0 Å². The molecule has 0 amide bonds. The maximum absolute atomic E-state index is 11.7. The maximum atomic E-state index is 11.7. The fourth-order valence-corrected chi connectivity index (χ4v) is 3.92. The highest BCUT2D eigenvalue weighted by Gasteiger charge is 2.48. The number of carbonyl (C=O) groups is 1. The molecule has 0 radical (unpaired) electrons. The van der Waals surface area contributed by atoms with Gasteiger partial charge in [0.15, 0.2) is 5.16 Å². The number of carboxylic acid groups (broad SMARTS) is 1. The van der Waals surface area contributed by atoms with E-state index in [9.17, 15) is 9.90 Å². The molecule has 112 valence electrons. The van der Waals surface area contributed by atoms with Crippen LogP contribution in [0.3, 0.4) is 0 Å². The van der Waals surface area contributed by atoms with Crippen LogP contribution in [0, 0.1) is 5.92 Å². The van der Waals surface area contributed by atoms with E-state index in [0.717, 1.165) is 49.6 Å². The van der Waals surface area contributed by atoms with E-state index in [0.29, 0.717) is 0 Å². The third-order valence-electron chi connectivity index (χ3n) is 4.07. The molecule has 1 aromatic rings. The Hall–Kier alpha value is -1.01. The Morgan fingerprint density at radius 1 is 1.70 bits per heavy atom. The molecule has 0 aromatic carbocycles. The van der Waals surface area contributed by atoms with Gasteiger partial charge in [-0.3, -0.25) is 4.79 Å². The molecule has 1 fully saturated rings. The second-order valence-corrected chi connectivity index (χ2v) is 6.41. The zero-order valence-electron chi connectivity index (χ0n) is 11.9. The van der Waals surface area contributed by atoms with E-state index in [1.54, 1.807) is 18.0 Å². The first-order chi connectivity index (χ1) is 9.69. The van der Waals surface area contributed by atoms with Gasteiger partial charge in [-0.15, -0.1) is 0 Å². The summed E-state index contributed by atoms with van der Waals surface area (Å²) in [6.07, 6.45) is 8.17. The summed E-state index contributed by atoms with van der Waals surface area (Å²) in [5, 5.41) is 13.9. The van der Waals surface area contributed by atoms with Gasteiger partial charge in [0, 0.05) is 18.1 Å². The summed E-state index contributed by atoms with van der Waals surface area (Å²) in [6, 6.07) is 0. The van der Waals surface area contributed by atoms with Crippen LogP contribution in [0.2, 0.25) is 0 Å². The van der Waals surface area contributed by atoms with Crippen molar-refractivity contribution in [1.82, 2.24) is 15.3 Å². The number of aromatic amines is 1. The van der Waals surface area contributed by atoms with Gasteiger partial charge in [0.25, 0.3) is 0 Å². The molecule has 1 aliphatic carbocycles. The van der Waals surface area contributed by atoms with Crippen molar-refractivity contribution >= 4 is 17.7 Å². The average molecular weight is 297 g/mol. The van der Waals surface area contributed by atoms with E-state index in [1.807, 2.05) is 6.20 Å². The van der Waals surface area contributed by atoms with E-state index >= 15 is 0 Å². The number of rotatable bonds is 8. The molecular weight excluding hydrogens is 274 g/mol. The zero-order chi connectivity index (χ0) is 14.4. The smallest absolute Gasteiger partial charge is 0.324 e. The molecule has 1 aliphatic rings. The molecule has 2 atom stereocenters. The molecule has 20 heavy (non-hydrogen) atoms. The monoisotopic (exact) mass is 297 g/mol. The first-order valence-corrected chi connectivity index (χ1v) is 8.28. The molecule has 6 heteroatoms. The molecule has 0 spiro atoms. The van der Waals surface area contributed by atoms with Crippen molar-refractivity contribution in [2.75, 3.05) is 12.3 Å². The van der Waals surface area contributed by atoms with Crippen LogP contribution in [0.25, 0.3) is 0 Å². The van der Waals surface area contributed by atoms with Crippen LogP contribution in [-0.4, -0.2) is 38.9 Å². The van der Waals surface area contributed by atoms with Crippen LogP contribution in [0.1, 0.15) is 39.0 Å². The number of H-pyrrole nitrogens is 1. The fraction of sp³-hybridized carbons (Fsp3) is 0.714. The number of thioether (sulfide) groups is 1. The van der Waals surface area contributed by atoms with Crippen LogP contribution in [0.5, 0.6) is 0 Å². The first-order valence-electron chi connectivity index (χ1n) is 7.29. The predicted octanol–water partition coefficient (Wildman–Crippen LogP) is 2.51. The standard InChI is InChI=1S/C14H23N3O2S/c1-2-7-17-14(12(18)19)6-3-4-11(14)5-10-20-13-15-8-9-16-13/h8-9,11,17H,2-7,10H2,1H3,(H,15,16)(H,18,19). The average Bonchev–Trinajstić information content (AvgIpc) is 3.06. The summed E-state index contributed by atoms with van der Waals surface area (Å²) in [5.74, 6) is 0.437. The molecule has 3 N–H and O–H groups in total. The number of carboxylic acids is 1. The Kier molecular flexibility index (Phi) is 5.48. The Morgan fingerprint density at radius 2 is 2.55 bits per heavy atom. The predicted molar refractivity (Wildman–Crippen MR) is 79.9 cm³/mol. The van der Waals surface area contributed by atoms with E-state index < -0.39 is 11.5 Å². The first kappa shape index (κ1) is 15.4. The molecule has 2 rings (SSSR count). The zero-order valence-corrected chi connectivity index (χ0v) is 12.7. The quantitative estimate of drug-likeness (QED) is 0.643. The van der Waals surface area contributed by atoms with E-state index in [4.69, 9.17) is 0 Å². The highest BCUT2D eigenvalue weighted by molar-refractivity contribution is 7.99. The van der Waals surface area contributed by atoms with Crippen LogP contribution < -0.4 is 5.32 Å². The Morgan fingerprint density at radius 3 is 3.20 bits per heavy atom. The third-order valence-corrected chi connectivity index (χ3v) is 5.01. The van der Waals surface area contributed by atoms with E-state index in [1.165, 1.54) is 0 Å². The molecule has 0 saturated heterocycles. The van der Waals surface area contributed by atoms with Crippen molar-refractivity contribution < 1.29 is 9.90 Å². The lowest BCUT2D eigenvalue weighted by Crippen LogP contribution is -2.55. The molecule has 5 nitrogen and oxygen atoms in total. The summed E-state index contributed by atoms with van der Waals surface area (Å²) in [7, 11) is 0. The lowest BCUT2D eigenvalue weighted by Gasteiger charge is -2.32. The summed E-state index contributed by atoms with van der Waals surface area (Å²) < 4.78 is 0. The van der Waals surface area contributed by atoms with Crippen LogP contribution in [0.15, 0.2) is 17.6 Å². The van der Waals surface area contributed by atoms with Gasteiger partial charge in [0.2, 0.25) is 0 Å². The normalized spacial score (nSPS) is 25.9. The molecule has 1 aromatic heterocycles. The number of nitrogens with zero attached hydrogens (tertiary/aromatic N) is 1. The number of hydrogen-bond donors (Lipinski definition) is 3. The maximum Gasteiger partial charge on any atom is 0.324 e. The number of aliphatic carboxylic acids is 1. The van der Waals surface area contributed by atoms with Crippen LogP contribution in [-0.2, 0) is 4.79 Å². The van der Waals surface area contributed by atoms with E-state index in [-0.39, 0.29) is 5.92 Å². The molecule has 0 bridgehead atoms. The number of nitrogens with one attached hydrogen (secondary N) is 2. The number of hydrogen-bond acceptors (Lipinski definition) is 4. The summed E-state index contributed by atoms with van der Waals surface area (Å²) in [4.78, 5) is 19.0. The van der Waals surface area contributed by atoms with Gasteiger partial charge in [-0.2, -0.15) is 0 Å². The van der Waals surface area contributed by atoms with Crippen molar-refractivity contribution in [3.63, 3.8) is 0 Å². The van der Waals surface area contributed by atoms with Gasteiger partial charge >= 0.3 is 5.97 Å². The molecule has 2 unspecified atom stereocenters. The minimum absolute atomic E-state index is 0.217. The van der Waals surface area contributed by atoms with Crippen LogP contribution >= 0.6 is 11.8 Å². The van der Waals surface area contributed by atoms with E-state index in [2.05, 4.69) is 22.2 Å². The largest absolute Gasteiger partial charge is 0.480 e. The SMILES string of the molecule is CCCNC1(C(=O)O)CCCC1CCSc1ncc[nH]1. The highest BCUT2D eigenvalue weighted by Crippen LogP contribution is 2.39. The van der Waals surface area contributed by atoms with Gasteiger partial charge in [-0.25, -0.2) is 4.98 Å². The Balaban J connectivity index is 1.92. The van der Waals surface area contributed by atoms with Gasteiger partial charge < -0.3 is 15.4 Å². The summed E-state index contributed by atoms with van der Waals surface area (Å²) >= 11 is 1.66. The number of imidazole rings is 1. The number of aromatic nitrogens is 2. The Bertz CT molecular complexity index is 424. The molecule has 1 heterocycles. The molecule has 0 aliphatic heterocycles. The van der Waals surface area contributed by atoms with Gasteiger partial charge in [0.1, 0.15) is 5.54 Å². The van der Waals surface area contributed by atoms with Gasteiger partial charge in [-0.1, -0.05) is 25.1 Å². The second-order valence-electron chi connectivity index (χ2n) is 5.32. The molecular formula is C14H23N3O2S. The van der Waals surface area contributed by atoms with Crippen molar-refractivity contribution in [2.24, 2.45) is 5.92 Å². The van der Waals surface area contributed by atoms with Crippen molar-refractivity contribution in [2.45, 2.75) is 49.7 Å². The highest BCUT2D eigenvalue weighted by atomic mass is 32.2. The minimum Gasteiger partial charge on any atom is -0.480 e. The Labute approximate surface area is 123 Å². The van der Waals surface area contributed by atoms with Crippen LogP contribution in [0.4, 0.5) is 0 Å². The summed E-state index contributed by atoms with van der Waals surface area (Å²) in [5.41, 5.74) is -0.709. The van der Waals surface area contributed by atoms with Gasteiger partial charge in [-0.05, 0) is 38.1 Å². The third kappa shape index (κ3) is 3.35.